The summed E-state index contributed by atoms with van der Waals surface area (Å²) >= 11 is 6.14. The first-order valence-corrected chi connectivity index (χ1v) is 6.23. The summed E-state index contributed by atoms with van der Waals surface area (Å²) in [4.78, 5) is 12.3. The molecule has 0 saturated carbocycles. The molecule has 1 N–H and O–H groups in total. The predicted molar refractivity (Wildman–Crippen MR) is 71.4 cm³/mol. The predicted octanol–water partition coefficient (Wildman–Crippen LogP) is 2.53. The summed E-state index contributed by atoms with van der Waals surface area (Å²) in [6, 6.07) is 4.57. The van der Waals surface area contributed by atoms with Crippen LogP contribution < -0.4 is 4.90 Å². The van der Waals surface area contributed by atoms with E-state index in [4.69, 9.17) is 11.6 Å². The molecule has 0 unspecified atom stereocenters. The lowest BCUT2D eigenvalue weighted by Crippen LogP contribution is -2.30. The molecule has 0 saturated heterocycles. The van der Waals surface area contributed by atoms with Crippen LogP contribution in [-0.4, -0.2) is 21.7 Å². The number of nitro groups is 1. The maximum atomic E-state index is 10.7. The monoisotopic (exact) mass is 278 g/mol. The van der Waals surface area contributed by atoms with E-state index in [1.54, 1.807) is 12.3 Å². The van der Waals surface area contributed by atoms with Gasteiger partial charge in [0.1, 0.15) is 0 Å². The number of aromatic amines is 1. The zero-order chi connectivity index (χ0) is 13.4. The summed E-state index contributed by atoms with van der Waals surface area (Å²) in [5, 5.41) is 18.1. The Labute approximate surface area is 114 Å². The highest BCUT2D eigenvalue weighted by Gasteiger charge is 2.20. The molecule has 2 heterocycles. The van der Waals surface area contributed by atoms with Crippen molar-refractivity contribution < 1.29 is 4.92 Å². The highest BCUT2D eigenvalue weighted by Crippen LogP contribution is 2.32. The van der Waals surface area contributed by atoms with Crippen molar-refractivity contribution in [1.29, 1.82) is 0 Å². The first-order valence-electron chi connectivity index (χ1n) is 5.85. The minimum absolute atomic E-state index is 0.00904. The Hall–Kier alpha value is -2.08. The molecule has 1 aliphatic heterocycles. The molecule has 3 rings (SSSR count). The second kappa shape index (κ2) is 4.55. The lowest BCUT2D eigenvalue weighted by atomic mass is 10.1. The van der Waals surface area contributed by atoms with Crippen LogP contribution in [0.25, 0.3) is 0 Å². The lowest BCUT2D eigenvalue weighted by molar-refractivity contribution is -0.384. The first-order chi connectivity index (χ1) is 9.15. The van der Waals surface area contributed by atoms with Crippen molar-refractivity contribution >= 4 is 23.0 Å². The van der Waals surface area contributed by atoms with Gasteiger partial charge in [-0.15, -0.1) is 0 Å². The summed E-state index contributed by atoms with van der Waals surface area (Å²) in [5.74, 6) is 0. The van der Waals surface area contributed by atoms with Crippen molar-refractivity contribution in [2.75, 3.05) is 11.4 Å². The molecular weight excluding hydrogens is 268 g/mol. The second-order valence-electron chi connectivity index (χ2n) is 4.44. The van der Waals surface area contributed by atoms with E-state index in [2.05, 4.69) is 15.1 Å². The summed E-state index contributed by atoms with van der Waals surface area (Å²) in [6.07, 6.45) is 2.67. The molecule has 1 aliphatic rings. The Morgan fingerprint density at radius 2 is 2.32 bits per heavy atom. The number of fused-ring (bicyclic) bond motifs is 1. The highest BCUT2D eigenvalue weighted by atomic mass is 35.5. The fraction of sp³-hybridized carbons (Fsp3) is 0.250. The third kappa shape index (κ3) is 2.15. The van der Waals surface area contributed by atoms with Crippen LogP contribution in [0, 0.1) is 10.1 Å². The van der Waals surface area contributed by atoms with Gasteiger partial charge in [0.25, 0.3) is 5.69 Å². The van der Waals surface area contributed by atoms with E-state index in [0.717, 1.165) is 29.9 Å². The van der Waals surface area contributed by atoms with Gasteiger partial charge in [0.15, 0.2) is 0 Å². The zero-order valence-corrected chi connectivity index (χ0v) is 10.7. The lowest BCUT2D eigenvalue weighted by Gasteiger charge is -2.29. The van der Waals surface area contributed by atoms with E-state index in [9.17, 15) is 10.1 Å². The number of nitrogens with zero attached hydrogens (tertiary/aromatic N) is 3. The Balaban J connectivity index is 1.90. The number of nitro benzene ring substituents is 1. The normalized spacial score (nSPS) is 14.3. The number of benzene rings is 1. The van der Waals surface area contributed by atoms with E-state index >= 15 is 0 Å². The quantitative estimate of drug-likeness (QED) is 0.676. The van der Waals surface area contributed by atoms with Gasteiger partial charge in [-0.2, -0.15) is 5.10 Å². The zero-order valence-electron chi connectivity index (χ0n) is 9.97. The molecule has 6 nitrogen and oxygen atoms in total. The van der Waals surface area contributed by atoms with Gasteiger partial charge in [-0.25, -0.2) is 0 Å². The topological polar surface area (TPSA) is 75.1 Å². The maximum Gasteiger partial charge on any atom is 0.271 e. The minimum atomic E-state index is -0.444. The summed E-state index contributed by atoms with van der Waals surface area (Å²) < 4.78 is 0. The van der Waals surface area contributed by atoms with Gasteiger partial charge >= 0.3 is 0 Å². The standard InChI is InChI=1S/C12H11ClN4O2/c13-10-5-9(17(18)19)1-2-12(10)16-4-3-11-8(7-16)6-14-15-11/h1-2,5-6H,3-4,7H2,(H,14,15). The van der Waals surface area contributed by atoms with Gasteiger partial charge in [-0.05, 0) is 6.07 Å². The van der Waals surface area contributed by atoms with Gasteiger partial charge in [-0.3, -0.25) is 15.2 Å². The van der Waals surface area contributed by atoms with Crippen molar-refractivity contribution in [3.63, 3.8) is 0 Å². The van der Waals surface area contributed by atoms with E-state index in [1.165, 1.54) is 12.1 Å². The molecule has 0 aliphatic carbocycles. The smallest absolute Gasteiger partial charge is 0.271 e. The van der Waals surface area contributed by atoms with Crippen LogP contribution >= 0.6 is 11.6 Å². The molecule has 0 atom stereocenters. The Morgan fingerprint density at radius 1 is 1.47 bits per heavy atom. The molecule has 98 valence electrons. The third-order valence-corrected chi connectivity index (χ3v) is 3.59. The fourth-order valence-electron chi connectivity index (χ4n) is 2.29. The molecule has 1 aromatic heterocycles. The fourth-order valence-corrected chi connectivity index (χ4v) is 2.59. The number of aromatic nitrogens is 2. The van der Waals surface area contributed by atoms with Crippen molar-refractivity contribution in [2.45, 2.75) is 13.0 Å². The number of hydrogen-bond acceptors (Lipinski definition) is 4. The van der Waals surface area contributed by atoms with Crippen LogP contribution in [0.2, 0.25) is 5.02 Å². The Kier molecular flexibility index (Phi) is 2.87. The van der Waals surface area contributed by atoms with Crippen molar-refractivity contribution in [3.8, 4) is 0 Å². The van der Waals surface area contributed by atoms with Crippen LogP contribution in [0.5, 0.6) is 0 Å². The molecule has 0 bridgehead atoms. The number of halogens is 1. The first kappa shape index (κ1) is 12.0. The van der Waals surface area contributed by atoms with Gasteiger partial charge < -0.3 is 4.90 Å². The molecule has 1 aromatic carbocycles. The number of rotatable bonds is 2. The largest absolute Gasteiger partial charge is 0.365 e. The average molecular weight is 279 g/mol. The average Bonchev–Trinajstić information content (AvgIpc) is 2.85. The van der Waals surface area contributed by atoms with Crippen LogP contribution in [0.4, 0.5) is 11.4 Å². The summed E-state index contributed by atoms with van der Waals surface area (Å²) in [6.45, 7) is 1.52. The van der Waals surface area contributed by atoms with Crippen LogP contribution in [0.3, 0.4) is 0 Å². The Morgan fingerprint density at radius 3 is 3.05 bits per heavy atom. The molecule has 0 amide bonds. The SMILES string of the molecule is O=[N+]([O-])c1ccc(N2CCc3[nH]ncc3C2)c(Cl)c1. The number of hydrogen-bond donors (Lipinski definition) is 1. The van der Waals surface area contributed by atoms with Crippen LogP contribution in [0.1, 0.15) is 11.3 Å². The number of non-ortho nitro benzene ring substituents is 1. The van der Waals surface area contributed by atoms with Crippen molar-refractivity contribution in [1.82, 2.24) is 10.2 Å². The molecular formula is C12H11ClN4O2. The molecule has 7 heteroatoms. The molecule has 0 spiro atoms. The van der Waals surface area contributed by atoms with E-state index < -0.39 is 4.92 Å². The van der Waals surface area contributed by atoms with E-state index in [1.807, 2.05) is 0 Å². The van der Waals surface area contributed by atoms with Gasteiger partial charge in [0.05, 0.1) is 21.8 Å². The van der Waals surface area contributed by atoms with Gasteiger partial charge in [0.2, 0.25) is 0 Å². The van der Waals surface area contributed by atoms with E-state index in [0.29, 0.717) is 11.6 Å². The molecule has 19 heavy (non-hydrogen) atoms. The summed E-state index contributed by atoms with van der Waals surface area (Å²) in [5.41, 5.74) is 3.11. The van der Waals surface area contributed by atoms with Crippen molar-refractivity contribution in [2.24, 2.45) is 0 Å². The molecule has 0 radical (unpaired) electrons. The maximum absolute atomic E-state index is 10.7. The summed E-state index contributed by atoms with van der Waals surface area (Å²) in [7, 11) is 0. The van der Waals surface area contributed by atoms with Crippen LogP contribution in [-0.2, 0) is 13.0 Å². The Bertz CT molecular complexity index is 640. The second-order valence-corrected chi connectivity index (χ2v) is 4.85. The van der Waals surface area contributed by atoms with Gasteiger partial charge in [0, 0.05) is 42.9 Å². The van der Waals surface area contributed by atoms with E-state index in [-0.39, 0.29) is 5.69 Å². The number of H-pyrrole nitrogens is 1. The third-order valence-electron chi connectivity index (χ3n) is 3.28. The van der Waals surface area contributed by atoms with Crippen molar-refractivity contribution in [3.05, 3.63) is 50.8 Å². The molecule has 2 aromatic rings. The van der Waals surface area contributed by atoms with Crippen LogP contribution in [0.15, 0.2) is 24.4 Å². The van der Waals surface area contributed by atoms with Gasteiger partial charge in [-0.1, -0.05) is 11.6 Å². The molecule has 0 fully saturated rings. The number of anilines is 1. The number of nitrogens with one attached hydrogen (secondary N) is 1. The highest BCUT2D eigenvalue weighted by molar-refractivity contribution is 6.33. The minimum Gasteiger partial charge on any atom is -0.365 e.